The summed E-state index contributed by atoms with van der Waals surface area (Å²) in [5.74, 6) is 0.795. The van der Waals surface area contributed by atoms with Crippen molar-refractivity contribution in [3.8, 4) is 11.4 Å². The summed E-state index contributed by atoms with van der Waals surface area (Å²) in [7, 11) is 0. The van der Waals surface area contributed by atoms with E-state index in [1.807, 2.05) is 48.5 Å². The van der Waals surface area contributed by atoms with Crippen molar-refractivity contribution >= 4 is 34.1 Å². The molecule has 0 saturated heterocycles. The van der Waals surface area contributed by atoms with E-state index in [9.17, 15) is 4.79 Å². The van der Waals surface area contributed by atoms with Crippen molar-refractivity contribution in [3.05, 3.63) is 72.8 Å². The van der Waals surface area contributed by atoms with E-state index < -0.39 is 0 Å². The molecule has 26 heavy (non-hydrogen) atoms. The van der Waals surface area contributed by atoms with Crippen molar-refractivity contribution in [3.63, 3.8) is 0 Å². The molecule has 0 aliphatic heterocycles. The Morgan fingerprint density at radius 3 is 2.35 bits per heavy atom. The highest BCUT2D eigenvalue weighted by Gasteiger charge is 2.07. The van der Waals surface area contributed by atoms with Crippen LogP contribution in [0.25, 0.3) is 22.4 Å². The van der Waals surface area contributed by atoms with Crippen LogP contribution in [0.3, 0.4) is 0 Å². The molecule has 4 rings (SSSR count). The first-order valence-electron chi connectivity index (χ1n) is 8.16. The van der Waals surface area contributed by atoms with E-state index in [2.05, 4.69) is 20.6 Å². The maximum atomic E-state index is 12.2. The molecule has 0 aliphatic carbocycles. The van der Waals surface area contributed by atoms with Gasteiger partial charge in [0.15, 0.2) is 0 Å². The van der Waals surface area contributed by atoms with E-state index in [1.54, 1.807) is 24.3 Å². The van der Waals surface area contributed by atoms with Crippen LogP contribution in [0.2, 0.25) is 0 Å². The number of carbonyl (C=O) groups excluding carboxylic acids is 1. The largest absolute Gasteiger partial charge is 0.399 e. The van der Waals surface area contributed by atoms with Crippen molar-refractivity contribution in [2.24, 2.45) is 0 Å². The van der Waals surface area contributed by atoms with Crippen LogP contribution in [0.4, 0.5) is 21.9 Å². The van der Waals surface area contributed by atoms with E-state index in [0.29, 0.717) is 17.1 Å². The van der Waals surface area contributed by atoms with Gasteiger partial charge in [-0.15, -0.1) is 0 Å². The quantitative estimate of drug-likeness (QED) is 0.414. The van der Waals surface area contributed by atoms with Crippen molar-refractivity contribution in [1.82, 2.24) is 9.97 Å². The summed E-state index contributed by atoms with van der Waals surface area (Å²) < 4.78 is 0. The average Bonchev–Trinajstić information content (AvgIpc) is 3.08. The molecule has 0 radical (unpaired) electrons. The second kappa shape index (κ2) is 6.60. The second-order valence-corrected chi connectivity index (χ2v) is 5.88. The monoisotopic (exact) mass is 343 g/mol. The molecule has 4 aromatic rings. The maximum absolute atomic E-state index is 12.2. The number of urea groups is 1. The number of amides is 2. The van der Waals surface area contributed by atoms with Crippen molar-refractivity contribution < 1.29 is 4.79 Å². The van der Waals surface area contributed by atoms with Gasteiger partial charge in [0.2, 0.25) is 0 Å². The first-order valence-corrected chi connectivity index (χ1v) is 8.16. The number of hydrogen-bond donors (Lipinski definition) is 4. The maximum Gasteiger partial charge on any atom is 0.323 e. The van der Waals surface area contributed by atoms with Gasteiger partial charge in [0.25, 0.3) is 0 Å². The lowest BCUT2D eigenvalue weighted by atomic mass is 10.2. The van der Waals surface area contributed by atoms with Gasteiger partial charge in [-0.2, -0.15) is 0 Å². The molecule has 0 atom stereocenters. The molecule has 1 aromatic heterocycles. The van der Waals surface area contributed by atoms with Gasteiger partial charge in [-0.05, 0) is 42.5 Å². The van der Waals surface area contributed by atoms with E-state index in [4.69, 9.17) is 5.73 Å². The zero-order valence-corrected chi connectivity index (χ0v) is 13.9. The number of fused-ring (bicyclic) bond motifs is 1. The standard InChI is InChI=1S/C20H17N5O/c21-14-6-8-15(9-7-14)22-20(26)23-16-10-11-17-18(12-16)25-19(24-17)13-4-2-1-3-5-13/h1-12H,21H2,(H,24,25)(H2,22,23,26). The third-order valence-corrected chi connectivity index (χ3v) is 3.96. The Labute approximate surface area is 150 Å². The number of aromatic amines is 1. The van der Waals surface area contributed by atoms with Crippen LogP contribution in [0.5, 0.6) is 0 Å². The third-order valence-electron chi connectivity index (χ3n) is 3.96. The Morgan fingerprint density at radius 2 is 1.58 bits per heavy atom. The summed E-state index contributed by atoms with van der Waals surface area (Å²) in [6.45, 7) is 0. The lowest BCUT2D eigenvalue weighted by molar-refractivity contribution is 0.262. The molecular weight excluding hydrogens is 326 g/mol. The fourth-order valence-electron chi connectivity index (χ4n) is 2.68. The minimum absolute atomic E-state index is 0.322. The number of benzene rings is 3. The van der Waals surface area contributed by atoms with Gasteiger partial charge >= 0.3 is 6.03 Å². The minimum Gasteiger partial charge on any atom is -0.399 e. The molecule has 6 heteroatoms. The number of nitrogens with zero attached hydrogens (tertiary/aromatic N) is 1. The van der Waals surface area contributed by atoms with Gasteiger partial charge in [-0.25, -0.2) is 9.78 Å². The fraction of sp³-hybridized carbons (Fsp3) is 0. The van der Waals surface area contributed by atoms with E-state index in [1.165, 1.54) is 0 Å². The highest BCUT2D eigenvalue weighted by molar-refractivity contribution is 6.00. The van der Waals surface area contributed by atoms with Crippen LogP contribution in [0.15, 0.2) is 72.8 Å². The van der Waals surface area contributed by atoms with Crippen LogP contribution in [-0.4, -0.2) is 16.0 Å². The molecule has 2 amide bonds. The second-order valence-electron chi connectivity index (χ2n) is 5.88. The van der Waals surface area contributed by atoms with E-state index >= 15 is 0 Å². The Morgan fingerprint density at radius 1 is 0.885 bits per heavy atom. The van der Waals surface area contributed by atoms with Crippen molar-refractivity contribution in [2.75, 3.05) is 16.4 Å². The van der Waals surface area contributed by atoms with E-state index in [0.717, 1.165) is 22.4 Å². The molecule has 0 fully saturated rings. The number of nitrogen functional groups attached to an aromatic ring is 1. The topological polar surface area (TPSA) is 95.8 Å². The number of imidazole rings is 1. The van der Waals surface area contributed by atoms with E-state index in [-0.39, 0.29) is 6.03 Å². The van der Waals surface area contributed by atoms with Crippen LogP contribution < -0.4 is 16.4 Å². The Bertz CT molecular complexity index is 1050. The zero-order valence-electron chi connectivity index (χ0n) is 13.9. The molecule has 0 aliphatic rings. The number of rotatable bonds is 3. The van der Waals surface area contributed by atoms with Crippen LogP contribution in [-0.2, 0) is 0 Å². The highest BCUT2D eigenvalue weighted by atomic mass is 16.2. The molecule has 0 unspecified atom stereocenters. The highest BCUT2D eigenvalue weighted by Crippen LogP contribution is 2.23. The molecular formula is C20H17N5O. The molecule has 1 heterocycles. The third kappa shape index (κ3) is 3.34. The van der Waals surface area contributed by atoms with Gasteiger partial charge in [0.05, 0.1) is 11.0 Å². The van der Waals surface area contributed by atoms with Gasteiger partial charge < -0.3 is 21.4 Å². The fourth-order valence-corrected chi connectivity index (χ4v) is 2.68. The van der Waals surface area contributed by atoms with Gasteiger partial charge in [0.1, 0.15) is 5.82 Å². The van der Waals surface area contributed by atoms with Crippen LogP contribution in [0, 0.1) is 0 Å². The predicted molar refractivity (Wildman–Crippen MR) is 105 cm³/mol. The van der Waals surface area contributed by atoms with Crippen molar-refractivity contribution in [1.29, 1.82) is 0 Å². The summed E-state index contributed by atoms with van der Waals surface area (Å²) in [6.07, 6.45) is 0. The normalized spacial score (nSPS) is 10.6. The number of carbonyl (C=O) groups is 1. The zero-order chi connectivity index (χ0) is 17.9. The van der Waals surface area contributed by atoms with Crippen LogP contribution in [0.1, 0.15) is 0 Å². The molecule has 0 spiro atoms. The number of anilines is 3. The lowest BCUT2D eigenvalue weighted by Crippen LogP contribution is -2.19. The number of aromatic nitrogens is 2. The first-order chi connectivity index (χ1) is 12.7. The summed E-state index contributed by atoms with van der Waals surface area (Å²) in [5, 5.41) is 5.58. The average molecular weight is 343 g/mol. The summed E-state index contributed by atoms with van der Waals surface area (Å²) >= 11 is 0. The number of nitrogens with two attached hydrogens (primary N) is 1. The lowest BCUT2D eigenvalue weighted by Gasteiger charge is -2.07. The van der Waals surface area contributed by atoms with Gasteiger partial charge in [0, 0.05) is 22.6 Å². The van der Waals surface area contributed by atoms with Gasteiger partial charge in [-0.3, -0.25) is 0 Å². The number of hydrogen-bond acceptors (Lipinski definition) is 3. The summed E-state index contributed by atoms with van der Waals surface area (Å²) in [4.78, 5) is 20.0. The Hall–Kier alpha value is -3.80. The number of nitrogens with one attached hydrogen (secondary N) is 3. The smallest absolute Gasteiger partial charge is 0.323 e. The SMILES string of the molecule is Nc1ccc(NC(=O)Nc2ccc3nc(-c4ccccc4)[nH]c3c2)cc1. The van der Waals surface area contributed by atoms with Crippen LogP contribution >= 0.6 is 0 Å². The molecule has 3 aromatic carbocycles. The Balaban J connectivity index is 1.52. The summed E-state index contributed by atoms with van der Waals surface area (Å²) in [5.41, 5.74) is 10.3. The number of H-pyrrole nitrogens is 1. The minimum atomic E-state index is -0.322. The molecule has 0 bridgehead atoms. The molecule has 5 N–H and O–H groups in total. The molecule has 6 nitrogen and oxygen atoms in total. The molecule has 128 valence electrons. The van der Waals surface area contributed by atoms with Gasteiger partial charge in [-0.1, -0.05) is 30.3 Å². The first kappa shape index (κ1) is 15.7. The van der Waals surface area contributed by atoms with Crippen molar-refractivity contribution in [2.45, 2.75) is 0 Å². The Kier molecular flexibility index (Phi) is 3.99. The summed E-state index contributed by atoms with van der Waals surface area (Å²) in [6, 6.07) is 22.1. The molecule has 0 saturated carbocycles. The predicted octanol–water partition coefficient (Wildman–Crippen LogP) is 4.46.